The van der Waals surface area contributed by atoms with Crippen molar-refractivity contribution in [1.82, 2.24) is 0 Å². The molecule has 0 aromatic heterocycles. The van der Waals surface area contributed by atoms with Crippen molar-refractivity contribution >= 4 is 8.58 Å². The maximum atomic E-state index is 13.7. The molecule has 0 aliphatic carbocycles. The van der Waals surface area contributed by atoms with Crippen LogP contribution < -0.4 is 0 Å². The highest BCUT2D eigenvalue weighted by molar-refractivity contribution is 7.37. The van der Waals surface area contributed by atoms with Crippen LogP contribution in [0.3, 0.4) is 0 Å². The van der Waals surface area contributed by atoms with Crippen LogP contribution in [0.2, 0.25) is 0 Å². The summed E-state index contributed by atoms with van der Waals surface area (Å²) in [6, 6.07) is 0. The molecular formula is C18H9F30P. The largest absolute Gasteiger partial charge is 0.460 e. The Balaban J connectivity index is 6.12. The Kier molecular flexibility index (Phi) is 12.1. The van der Waals surface area contributed by atoms with E-state index in [1.807, 2.05) is 0 Å². The Morgan fingerprint density at radius 3 is 0.571 bits per heavy atom. The molecule has 0 spiro atoms. The van der Waals surface area contributed by atoms with Gasteiger partial charge in [0.1, 0.15) is 0 Å². The highest BCUT2D eigenvalue weighted by atomic mass is 31.1. The van der Waals surface area contributed by atoms with Gasteiger partial charge in [-0.15, -0.1) is 8.58 Å². The Bertz CT molecular complexity index is 1140. The first-order valence-electron chi connectivity index (χ1n) is 11.1. The van der Waals surface area contributed by atoms with E-state index in [2.05, 4.69) is 0 Å². The molecule has 0 radical (unpaired) electrons. The van der Waals surface area contributed by atoms with Gasteiger partial charge in [-0.3, -0.25) is 0 Å². The van der Waals surface area contributed by atoms with E-state index in [0.29, 0.717) is 0 Å². The van der Waals surface area contributed by atoms with Crippen LogP contribution in [0.15, 0.2) is 0 Å². The van der Waals surface area contributed by atoms with E-state index in [1.165, 1.54) is 0 Å². The third-order valence-corrected chi connectivity index (χ3v) is 7.22. The van der Waals surface area contributed by atoms with Gasteiger partial charge < -0.3 is 0 Å². The van der Waals surface area contributed by atoms with E-state index in [9.17, 15) is 132 Å². The molecule has 1 atom stereocenters. The second-order valence-corrected chi connectivity index (χ2v) is 10.9. The summed E-state index contributed by atoms with van der Waals surface area (Å²) in [5.41, 5.74) is 0. The van der Waals surface area contributed by atoms with Gasteiger partial charge in [0.05, 0.1) is 0 Å². The van der Waals surface area contributed by atoms with Crippen LogP contribution in [0.4, 0.5) is 132 Å². The Morgan fingerprint density at radius 2 is 0.388 bits per heavy atom. The fourth-order valence-electron chi connectivity index (χ4n) is 2.93. The number of halogens is 30. The quantitative estimate of drug-likeness (QED) is 0.0826. The van der Waals surface area contributed by atoms with Crippen molar-refractivity contribution in [3.05, 3.63) is 0 Å². The minimum absolute atomic E-state index is 2.20. The summed E-state index contributed by atoms with van der Waals surface area (Å²) >= 11 is 0. The average Bonchev–Trinajstić information content (AvgIpc) is 2.85. The zero-order valence-electron chi connectivity index (χ0n) is 21.7. The Morgan fingerprint density at radius 1 is 0.224 bits per heavy atom. The summed E-state index contributed by atoms with van der Waals surface area (Å²) in [6.45, 7) is 0. The third-order valence-electron chi connectivity index (χ3n) is 6.02. The molecule has 0 aromatic carbocycles. The molecule has 0 saturated carbocycles. The van der Waals surface area contributed by atoms with Gasteiger partial charge in [-0.1, -0.05) is 0 Å². The molecule has 0 bridgehead atoms. The van der Waals surface area contributed by atoms with E-state index >= 15 is 0 Å². The molecule has 0 saturated heterocycles. The van der Waals surface area contributed by atoms with Gasteiger partial charge >= 0.3 is 83.4 Å². The smallest absolute Gasteiger partial charge is 0.200 e. The maximum absolute atomic E-state index is 13.7. The number of rotatable bonds is 16. The molecule has 31 heteroatoms. The Labute approximate surface area is 250 Å². The predicted octanol–water partition coefficient (Wildman–Crippen LogP) is 11.2. The Hall–Kier alpha value is -1.67. The normalized spacial score (nSPS) is 17.0. The zero-order chi connectivity index (χ0) is 40.5. The van der Waals surface area contributed by atoms with Crippen LogP contribution in [0.25, 0.3) is 0 Å². The van der Waals surface area contributed by atoms with Crippen molar-refractivity contribution in [2.24, 2.45) is 0 Å². The van der Waals surface area contributed by atoms with Gasteiger partial charge in [0.25, 0.3) is 0 Å². The van der Waals surface area contributed by atoms with Gasteiger partial charge in [0.15, 0.2) is 0 Å². The number of hydrogen-bond acceptors (Lipinski definition) is 0. The second kappa shape index (κ2) is 12.5. The van der Waals surface area contributed by atoms with Crippen molar-refractivity contribution < 1.29 is 132 Å². The molecule has 49 heavy (non-hydrogen) atoms. The van der Waals surface area contributed by atoms with Crippen molar-refractivity contribution in [2.45, 2.75) is 96.3 Å². The molecule has 0 aromatic rings. The van der Waals surface area contributed by atoms with Gasteiger partial charge in [-0.2, -0.15) is 132 Å². The lowest BCUT2D eigenvalue weighted by molar-refractivity contribution is -0.461. The van der Waals surface area contributed by atoms with E-state index in [1.54, 1.807) is 0 Å². The number of alkyl halides is 30. The summed E-state index contributed by atoms with van der Waals surface area (Å²) in [5.74, 6) is -98.9. The van der Waals surface area contributed by atoms with E-state index < -0.39 is 117 Å². The van der Waals surface area contributed by atoms with Crippen LogP contribution >= 0.6 is 8.58 Å². The fraction of sp³-hybridized carbons (Fsp3) is 1.00. The lowest BCUT2D eigenvalue weighted by atomic mass is 9.88. The summed E-state index contributed by atoms with van der Waals surface area (Å²) < 4.78 is 393. The topological polar surface area (TPSA) is 0 Å². The molecule has 0 aliphatic heterocycles. The van der Waals surface area contributed by atoms with Crippen LogP contribution in [0.1, 0.15) is 12.8 Å². The molecule has 0 nitrogen and oxygen atoms in total. The molecule has 1 unspecified atom stereocenters. The lowest BCUT2D eigenvalue weighted by Crippen LogP contribution is -2.74. The minimum atomic E-state index is -8.98. The first-order valence-corrected chi connectivity index (χ1v) is 12.5. The monoisotopic (exact) mass is 826 g/mol. The second-order valence-electron chi connectivity index (χ2n) is 9.40. The van der Waals surface area contributed by atoms with Crippen molar-refractivity contribution in [3.8, 4) is 0 Å². The first kappa shape index (κ1) is 47.3. The summed E-state index contributed by atoms with van der Waals surface area (Å²) in [7, 11) is -2.29. The summed E-state index contributed by atoms with van der Waals surface area (Å²) in [5, 5.41) is 0. The van der Waals surface area contributed by atoms with E-state index in [4.69, 9.17) is 0 Å². The molecule has 0 amide bonds. The maximum Gasteiger partial charge on any atom is 0.460 e. The highest BCUT2D eigenvalue weighted by Gasteiger charge is 2.95. The van der Waals surface area contributed by atoms with Crippen LogP contribution in [0.5, 0.6) is 0 Å². The molecule has 0 N–H and O–H groups in total. The highest BCUT2D eigenvalue weighted by Crippen LogP contribution is 2.65. The SMILES string of the molecule is FC(F)(F)C(F)(F)C(F)(F)C(F)(F)C(F)(F)C(F)(F)CCPCCC(F)(F)C(F)(F)C(F)(F)C(F)(F)C(F)(F)C(F)(F)C(F)(F)C(F)(F)F. The van der Waals surface area contributed by atoms with Gasteiger partial charge in [-0.05, 0) is 12.3 Å². The lowest BCUT2D eigenvalue weighted by Gasteiger charge is -2.42. The number of hydrogen-bond donors (Lipinski definition) is 0. The molecule has 0 fully saturated rings. The predicted molar refractivity (Wildman–Crippen MR) is 98.8 cm³/mol. The van der Waals surface area contributed by atoms with Gasteiger partial charge in [0.2, 0.25) is 0 Å². The van der Waals surface area contributed by atoms with Crippen LogP contribution in [-0.2, 0) is 0 Å². The van der Waals surface area contributed by atoms with Gasteiger partial charge in [0, 0.05) is 12.8 Å². The van der Waals surface area contributed by atoms with Crippen molar-refractivity contribution in [3.63, 3.8) is 0 Å². The van der Waals surface area contributed by atoms with E-state index in [0.717, 1.165) is 0 Å². The standard InChI is InChI=1S/C18H9F30P/c19-5(20,7(23,24)9(27,28)11(31,32)12(33,34)14(37,38)16(41,42)18(46,47)48)1-3-49-4-2-6(21,22)8(25,26)10(29,30)13(35,36)15(39,40)17(43,44)45/h49H,1-4H2. The van der Waals surface area contributed by atoms with Crippen LogP contribution in [0, 0.1) is 0 Å². The minimum Gasteiger partial charge on any atom is -0.200 e. The van der Waals surface area contributed by atoms with E-state index in [-0.39, 0.29) is 0 Å². The molecule has 0 rings (SSSR count). The molecule has 0 heterocycles. The summed E-state index contributed by atoms with van der Waals surface area (Å²) in [4.78, 5) is 0. The van der Waals surface area contributed by atoms with Crippen molar-refractivity contribution in [1.29, 1.82) is 0 Å². The molecular weight excluding hydrogens is 817 g/mol. The zero-order valence-corrected chi connectivity index (χ0v) is 22.7. The molecule has 0 aliphatic rings. The fourth-order valence-corrected chi connectivity index (χ4v) is 4.16. The molecule has 296 valence electrons. The first-order chi connectivity index (χ1) is 20.7. The van der Waals surface area contributed by atoms with Crippen LogP contribution in [-0.4, -0.2) is 95.7 Å². The summed E-state index contributed by atoms with van der Waals surface area (Å²) in [6.07, 6.45) is -26.8. The van der Waals surface area contributed by atoms with Gasteiger partial charge in [-0.25, -0.2) is 0 Å². The third kappa shape index (κ3) is 6.73. The average molecular weight is 826 g/mol. The van der Waals surface area contributed by atoms with Crippen molar-refractivity contribution in [2.75, 3.05) is 12.3 Å².